The highest BCUT2D eigenvalue weighted by molar-refractivity contribution is 5.48. The van der Waals surface area contributed by atoms with Crippen molar-refractivity contribution in [2.75, 3.05) is 11.9 Å². The van der Waals surface area contributed by atoms with Crippen LogP contribution in [0.3, 0.4) is 0 Å². The summed E-state index contributed by atoms with van der Waals surface area (Å²) in [6, 6.07) is 14.6. The molecule has 21 heavy (non-hydrogen) atoms. The Bertz CT molecular complexity index is 579. The van der Waals surface area contributed by atoms with Gasteiger partial charge in [0, 0.05) is 31.0 Å². The van der Waals surface area contributed by atoms with E-state index in [9.17, 15) is 10.1 Å². The summed E-state index contributed by atoms with van der Waals surface area (Å²) in [5, 5.41) is 13.8. The summed E-state index contributed by atoms with van der Waals surface area (Å²) in [7, 11) is 0. The summed E-state index contributed by atoms with van der Waals surface area (Å²) in [5.74, 6) is 0. The maximum absolute atomic E-state index is 10.6. The van der Waals surface area contributed by atoms with Crippen LogP contribution in [0.2, 0.25) is 0 Å². The Hall–Kier alpha value is -2.40. The van der Waals surface area contributed by atoms with E-state index in [0.29, 0.717) is 19.8 Å². The van der Waals surface area contributed by atoms with Gasteiger partial charge in [-0.05, 0) is 30.2 Å². The third kappa shape index (κ3) is 4.57. The molecule has 0 aliphatic heterocycles. The quantitative estimate of drug-likeness (QED) is 0.622. The number of ether oxygens (including phenoxy) is 1. The summed E-state index contributed by atoms with van der Waals surface area (Å²) >= 11 is 0. The molecule has 0 saturated heterocycles. The fourth-order valence-electron chi connectivity index (χ4n) is 1.88. The Morgan fingerprint density at radius 1 is 1.05 bits per heavy atom. The topological polar surface area (TPSA) is 64.4 Å². The van der Waals surface area contributed by atoms with Crippen molar-refractivity contribution < 1.29 is 9.66 Å². The van der Waals surface area contributed by atoms with Crippen LogP contribution in [-0.2, 0) is 17.9 Å². The van der Waals surface area contributed by atoms with Crippen LogP contribution in [0.5, 0.6) is 0 Å². The average molecular weight is 286 g/mol. The summed E-state index contributed by atoms with van der Waals surface area (Å²) in [4.78, 5) is 10.2. The van der Waals surface area contributed by atoms with Crippen molar-refractivity contribution in [2.45, 2.75) is 20.1 Å². The molecule has 0 aliphatic carbocycles. The van der Waals surface area contributed by atoms with Gasteiger partial charge < -0.3 is 10.1 Å². The Kier molecular flexibility index (Phi) is 5.29. The second-order valence-corrected chi connectivity index (χ2v) is 4.61. The van der Waals surface area contributed by atoms with Crippen molar-refractivity contribution in [3.8, 4) is 0 Å². The molecule has 0 heterocycles. The van der Waals surface area contributed by atoms with Crippen molar-refractivity contribution in [1.82, 2.24) is 0 Å². The second-order valence-electron chi connectivity index (χ2n) is 4.61. The van der Waals surface area contributed by atoms with E-state index in [4.69, 9.17) is 4.74 Å². The molecule has 110 valence electrons. The number of nitrogens with one attached hydrogen (secondary N) is 1. The van der Waals surface area contributed by atoms with Crippen LogP contribution in [0.25, 0.3) is 0 Å². The molecule has 0 spiro atoms. The average Bonchev–Trinajstić information content (AvgIpc) is 2.52. The number of hydrogen-bond acceptors (Lipinski definition) is 4. The van der Waals surface area contributed by atoms with Crippen molar-refractivity contribution in [3.05, 3.63) is 69.8 Å². The van der Waals surface area contributed by atoms with Crippen LogP contribution in [0, 0.1) is 10.1 Å². The third-order valence-corrected chi connectivity index (χ3v) is 3.07. The van der Waals surface area contributed by atoms with Gasteiger partial charge in [0.25, 0.3) is 5.69 Å². The number of hydrogen-bond donors (Lipinski definition) is 1. The zero-order valence-corrected chi connectivity index (χ0v) is 11.9. The van der Waals surface area contributed by atoms with Crippen LogP contribution in [-0.4, -0.2) is 11.5 Å². The largest absolute Gasteiger partial charge is 0.381 e. The van der Waals surface area contributed by atoms with E-state index in [1.54, 1.807) is 12.1 Å². The van der Waals surface area contributed by atoms with E-state index in [0.717, 1.165) is 16.8 Å². The number of rotatable bonds is 7. The lowest BCUT2D eigenvalue weighted by Gasteiger charge is -2.07. The molecule has 2 aromatic rings. The summed E-state index contributed by atoms with van der Waals surface area (Å²) in [6.45, 7) is 3.99. The van der Waals surface area contributed by atoms with Gasteiger partial charge in [-0.25, -0.2) is 0 Å². The van der Waals surface area contributed by atoms with Gasteiger partial charge in [0.15, 0.2) is 0 Å². The summed E-state index contributed by atoms with van der Waals surface area (Å²) in [6.07, 6.45) is 0. The zero-order valence-electron chi connectivity index (χ0n) is 11.9. The number of nitro benzene ring substituents is 1. The number of nitrogens with zero attached hydrogens (tertiary/aromatic N) is 1. The van der Waals surface area contributed by atoms with E-state index in [2.05, 4.69) is 5.32 Å². The highest BCUT2D eigenvalue weighted by Crippen LogP contribution is 2.16. The Balaban J connectivity index is 1.88. The molecule has 0 atom stereocenters. The van der Waals surface area contributed by atoms with Gasteiger partial charge in [-0.1, -0.05) is 24.3 Å². The fourth-order valence-corrected chi connectivity index (χ4v) is 1.88. The van der Waals surface area contributed by atoms with Crippen LogP contribution < -0.4 is 5.32 Å². The molecule has 0 fully saturated rings. The maximum Gasteiger partial charge on any atom is 0.269 e. The van der Waals surface area contributed by atoms with Crippen LogP contribution >= 0.6 is 0 Å². The molecule has 0 bridgehead atoms. The Labute approximate surface area is 123 Å². The molecule has 0 aromatic heterocycles. The smallest absolute Gasteiger partial charge is 0.269 e. The van der Waals surface area contributed by atoms with E-state index in [1.807, 2.05) is 31.2 Å². The molecule has 0 saturated carbocycles. The van der Waals surface area contributed by atoms with Crippen molar-refractivity contribution in [1.29, 1.82) is 0 Å². The number of anilines is 1. The highest BCUT2D eigenvalue weighted by atomic mass is 16.6. The van der Waals surface area contributed by atoms with E-state index in [1.165, 1.54) is 12.1 Å². The monoisotopic (exact) mass is 286 g/mol. The van der Waals surface area contributed by atoms with Gasteiger partial charge >= 0.3 is 0 Å². The van der Waals surface area contributed by atoms with Gasteiger partial charge in [0.05, 0.1) is 11.5 Å². The lowest BCUT2D eigenvalue weighted by molar-refractivity contribution is -0.384. The minimum atomic E-state index is -0.402. The minimum Gasteiger partial charge on any atom is -0.381 e. The van der Waals surface area contributed by atoms with Gasteiger partial charge in [-0.3, -0.25) is 10.1 Å². The SMILES string of the molecule is CCOCc1ccc(CNc2ccc([N+](=O)[O-])cc2)cc1. The number of non-ortho nitro benzene ring substituents is 1. The van der Waals surface area contributed by atoms with E-state index in [-0.39, 0.29) is 5.69 Å². The lowest BCUT2D eigenvalue weighted by Crippen LogP contribution is -2.00. The molecule has 0 radical (unpaired) electrons. The predicted molar refractivity (Wildman–Crippen MR) is 82.2 cm³/mol. The lowest BCUT2D eigenvalue weighted by atomic mass is 10.1. The second kappa shape index (κ2) is 7.40. The van der Waals surface area contributed by atoms with Gasteiger partial charge in [0.2, 0.25) is 0 Å². The van der Waals surface area contributed by atoms with E-state index >= 15 is 0 Å². The molecule has 5 nitrogen and oxygen atoms in total. The van der Waals surface area contributed by atoms with Gasteiger partial charge in [-0.2, -0.15) is 0 Å². The van der Waals surface area contributed by atoms with Gasteiger partial charge in [-0.15, -0.1) is 0 Å². The number of benzene rings is 2. The molecule has 2 aromatic carbocycles. The molecule has 1 N–H and O–H groups in total. The van der Waals surface area contributed by atoms with Crippen LogP contribution in [0.15, 0.2) is 48.5 Å². The molecule has 0 amide bonds. The third-order valence-electron chi connectivity index (χ3n) is 3.07. The van der Waals surface area contributed by atoms with Crippen molar-refractivity contribution >= 4 is 11.4 Å². The molecular weight excluding hydrogens is 268 g/mol. The highest BCUT2D eigenvalue weighted by Gasteiger charge is 2.03. The molecule has 5 heteroatoms. The molecule has 0 unspecified atom stereocenters. The van der Waals surface area contributed by atoms with Crippen molar-refractivity contribution in [2.24, 2.45) is 0 Å². The van der Waals surface area contributed by atoms with E-state index < -0.39 is 4.92 Å². The standard InChI is InChI=1S/C16H18N2O3/c1-2-21-12-14-5-3-13(4-6-14)11-17-15-7-9-16(10-8-15)18(19)20/h3-10,17H,2,11-12H2,1H3. The first-order chi connectivity index (χ1) is 10.2. The zero-order chi connectivity index (χ0) is 15.1. The Morgan fingerprint density at radius 2 is 1.67 bits per heavy atom. The number of nitro groups is 1. The first kappa shape index (κ1) is 15.0. The first-order valence-corrected chi connectivity index (χ1v) is 6.83. The maximum atomic E-state index is 10.6. The molecule has 0 aliphatic rings. The van der Waals surface area contributed by atoms with Crippen LogP contribution in [0.1, 0.15) is 18.1 Å². The van der Waals surface area contributed by atoms with Crippen molar-refractivity contribution in [3.63, 3.8) is 0 Å². The normalized spacial score (nSPS) is 10.3. The predicted octanol–water partition coefficient (Wildman–Crippen LogP) is 3.74. The summed E-state index contributed by atoms with van der Waals surface area (Å²) in [5.41, 5.74) is 3.25. The minimum absolute atomic E-state index is 0.0980. The van der Waals surface area contributed by atoms with Crippen LogP contribution in [0.4, 0.5) is 11.4 Å². The first-order valence-electron chi connectivity index (χ1n) is 6.83. The summed E-state index contributed by atoms with van der Waals surface area (Å²) < 4.78 is 5.35. The fraction of sp³-hybridized carbons (Fsp3) is 0.250. The Morgan fingerprint density at radius 3 is 2.24 bits per heavy atom. The molecular formula is C16H18N2O3. The molecule has 2 rings (SSSR count). The van der Waals surface area contributed by atoms with Gasteiger partial charge in [0.1, 0.15) is 0 Å².